The van der Waals surface area contributed by atoms with E-state index >= 15 is 0 Å². The van der Waals surface area contributed by atoms with Gasteiger partial charge in [0.05, 0.1) is 0 Å². The SMILES string of the molecule is BrCc1cccc(Br)c1.CC. The third-order valence-electron chi connectivity index (χ3n) is 1.04. The molecule has 0 amide bonds. The van der Waals surface area contributed by atoms with Crippen LogP contribution in [0, 0.1) is 0 Å². The first-order valence-corrected chi connectivity index (χ1v) is 5.55. The summed E-state index contributed by atoms with van der Waals surface area (Å²) in [6.07, 6.45) is 0. The molecule has 1 aromatic rings. The Morgan fingerprint density at radius 1 is 1.27 bits per heavy atom. The van der Waals surface area contributed by atoms with Crippen LogP contribution in [0.15, 0.2) is 28.7 Å². The lowest BCUT2D eigenvalue weighted by atomic mass is 10.2. The van der Waals surface area contributed by atoms with Crippen LogP contribution < -0.4 is 0 Å². The van der Waals surface area contributed by atoms with Gasteiger partial charge in [-0.2, -0.15) is 0 Å². The fourth-order valence-electron chi connectivity index (χ4n) is 0.620. The van der Waals surface area contributed by atoms with Gasteiger partial charge in [-0.15, -0.1) is 0 Å². The summed E-state index contributed by atoms with van der Waals surface area (Å²) in [7, 11) is 0. The van der Waals surface area contributed by atoms with E-state index in [1.165, 1.54) is 5.56 Å². The van der Waals surface area contributed by atoms with E-state index in [0.29, 0.717) is 0 Å². The van der Waals surface area contributed by atoms with Crippen molar-refractivity contribution in [3.05, 3.63) is 34.3 Å². The number of alkyl halides is 1. The zero-order valence-corrected chi connectivity index (χ0v) is 9.94. The Labute approximate surface area is 85.3 Å². The first-order chi connectivity index (χ1) is 5.33. The molecule has 0 aromatic heterocycles. The van der Waals surface area contributed by atoms with E-state index in [2.05, 4.69) is 44.0 Å². The van der Waals surface area contributed by atoms with Crippen LogP contribution >= 0.6 is 31.9 Å². The van der Waals surface area contributed by atoms with Crippen molar-refractivity contribution in [3.8, 4) is 0 Å². The van der Waals surface area contributed by atoms with Gasteiger partial charge in [-0.1, -0.05) is 57.8 Å². The Bertz CT molecular complexity index is 197. The maximum Gasteiger partial charge on any atom is 0.0283 e. The lowest BCUT2D eigenvalue weighted by Crippen LogP contribution is -1.73. The molecule has 0 bridgehead atoms. The van der Waals surface area contributed by atoms with Gasteiger partial charge in [0, 0.05) is 9.80 Å². The molecule has 1 rings (SSSR count). The molecule has 2 heteroatoms. The van der Waals surface area contributed by atoms with Crippen molar-refractivity contribution in [3.63, 3.8) is 0 Å². The van der Waals surface area contributed by atoms with Gasteiger partial charge < -0.3 is 0 Å². The molecule has 0 aliphatic heterocycles. The molecule has 0 fully saturated rings. The number of benzene rings is 1. The summed E-state index contributed by atoms with van der Waals surface area (Å²) in [6, 6.07) is 8.22. The van der Waals surface area contributed by atoms with E-state index in [1.807, 2.05) is 26.0 Å². The van der Waals surface area contributed by atoms with Crippen molar-refractivity contribution in [2.24, 2.45) is 0 Å². The van der Waals surface area contributed by atoms with Crippen molar-refractivity contribution in [1.29, 1.82) is 0 Å². The average Bonchev–Trinajstić information content (AvgIpc) is 2.08. The number of hydrogen-bond donors (Lipinski definition) is 0. The maximum atomic E-state index is 3.38. The van der Waals surface area contributed by atoms with Gasteiger partial charge in [-0.25, -0.2) is 0 Å². The molecule has 0 aliphatic rings. The summed E-state index contributed by atoms with van der Waals surface area (Å²) in [5.41, 5.74) is 1.30. The van der Waals surface area contributed by atoms with Gasteiger partial charge in [-0.3, -0.25) is 0 Å². The third-order valence-corrected chi connectivity index (χ3v) is 2.18. The van der Waals surface area contributed by atoms with Gasteiger partial charge in [-0.05, 0) is 17.7 Å². The van der Waals surface area contributed by atoms with E-state index in [0.717, 1.165) is 9.80 Å². The first kappa shape index (κ1) is 11.2. The molecule has 0 saturated heterocycles. The Hall–Kier alpha value is 0.180. The van der Waals surface area contributed by atoms with Gasteiger partial charge in [0.1, 0.15) is 0 Å². The Morgan fingerprint density at radius 3 is 2.27 bits per heavy atom. The van der Waals surface area contributed by atoms with E-state index in [4.69, 9.17) is 0 Å². The minimum atomic E-state index is 0.923. The van der Waals surface area contributed by atoms with Gasteiger partial charge in [0.15, 0.2) is 0 Å². The zero-order valence-electron chi connectivity index (χ0n) is 6.77. The molecule has 0 radical (unpaired) electrons. The predicted octanol–water partition coefficient (Wildman–Crippen LogP) is 4.37. The standard InChI is InChI=1S/C7H6Br2.C2H6/c8-5-6-2-1-3-7(9)4-6;1-2/h1-4H,5H2;1-2H3. The summed E-state index contributed by atoms with van der Waals surface area (Å²) < 4.78 is 1.14. The predicted molar refractivity (Wildman–Crippen MR) is 58.1 cm³/mol. The maximum absolute atomic E-state index is 3.38. The highest BCUT2D eigenvalue weighted by molar-refractivity contribution is 9.10. The van der Waals surface area contributed by atoms with E-state index in [1.54, 1.807) is 0 Å². The van der Waals surface area contributed by atoms with Gasteiger partial charge >= 0.3 is 0 Å². The molecule has 1 aromatic carbocycles. The lowest BCUT2D eigenvalue weighted by molar-refractivity contribution is 1.42. The number of rotatable bonds is 1. The van der Waals surface area contributed by atoms with Crippen LogP contribution in [0.5, 0.6) is 0 Å². The lowest BCUT2D eigenvalue weighted by Gasteiger charge is -1.93. The summed E-state index contributed by atoms with van der Waals surface area (Å²) in [4.78, 5) is 0. The smallest absolute Gasteiger partial charge is 0.0283 e. The highest BCUT2D eigenvalue weighted by Gasteiger charge is 1.88. The second kappa shape index (κ2) is 6.86. The number of hydrogen-bond acceptors (Lipinski definition) is 0. The van der Waals surface area contributed by atoms with Crippen LogP contribution in [-0.4, -0.2) is 0 Å². The van der Waals surface area contributed by atoms with Crippen LogP contribution in [0.4, 0.5) is 0 Å². The van der Waals surface area contributed by atoms with Crippen molar-refractivity contribution in [1.82, 2.24) is 0 Å². The van der Waals surface area contributed by atoms with Crippen LogP contribution in [0.25, 0.3) is 0 Å². The quantitative estimate of drug-likeness (QED) is 0.670. The molecule has 0 N–H and O–H groups in total. The van der Waals surface area contributed by atoms with Crippen molar-refractivity contribution in [2.45, 2.75) is 19.2 Å². The molecule has 11 heavy (non-hydrogen) atoms. The van der Waals surface area contributed by atoms with Crippen molar-refractivity contribution in [2.75, 3.05) is 0 Å². The number of halogens is 2. The Morgan fingerprint density at radius 2 is 1.91 bits per heavy atom. The fourth-order valence-corrected chi connectivity index (χ4v) is 1.42. The minimum Gasteiger partial charge on any atom is -0.0876 e. The zero-order chi connectivity index (χ0) is 8.69. The topological polar surface area (TPSA) is 0 Å². The highest BCUT2D eigenvalue weighted by Crippen LogP contribution is 2.13. The van der Waals surface area contributed by atoms with E-state index < -0.39 is 0 Å². The molecule has 0 unspecified atom stereocenters. The second-order valence-corrected chi connectivity index (χ2v) is 3.24. The molecule has 0 aliphatic carbocycles. The highest BCUT2D eigenvalue weighted by atomic mass is 79.9. The van der Waals surface area contributed by atoms with Crippen molar-refractivity contribution >= 4 is 31.9 Å². The molecule has 0 atom stereocenters. The average molecular weight is 280 g/mol. The van der Waals surface area contributed by atoms with Crippen LogP contribution in [0.1, 0.15) is 19.4 Å². The summed E-state index contributed by atoms with van der Waals surface area (Å²) in [6.45, 7) is 4.00. The Kier molecular flexibility index (Phi) is 6.98. The molecular weight excluding hydrogens is 268 g/mol. The molecule has 62 valence electrons. The largest absolute Gasteiger partial charge is 0.0876 e. The molecule has 0 heterocycles. The fraction of sp³-hybridized carbons (Fsp3) is 0.333. The Balaban J connectivity index is 0.000000461. The summed E-state index contributed by atoms with van der Waals surface area (Å²) in [5.74, 6) is 0. The molecule has 0 spiro atoms. The van der Waals surface area contributed by atoms with Crippen LogP contribution in [-0.2, 0) is 5.33 Å². The normalized spacial score (nSPS) is 8.36. The van der Waals surface area contributed by atoms with Crippen molar-refractivity contribution < 1.29 is 0 Å². The van der Waals surface area contributed by atoms with Gasteiger partial charge in [0.25, 0.3) is 0 Å². The molecular formula is C9H12Br2. The first-order valence-electron chi connectivity index (χ1n) is 3.63. The van der Waals surface area contributed by atoms with Gasteiger partial charge in [0.2, 0.25) is 0 Å². The van der Waals surface area contributed by atoms with Crippen LogP contribution in [0.2, 0.25) is 0 Å². The minimum absolute atomic E-state index is 0.923. The molecule has 0 saturated carbocycles. The second-order valence-electron chi connectivity index (χ2n) is 1.76. The van der Waals surface area contributed by atoms with E-state index in [-0.39, 0.29) is 0 Å². The third kappa shape index (κ3) is 4.59. The van der Waals surface area contributed by atoms with Crippen LogP contribution in [0.3, 0.4) is 0 Å². The summed E-state index contributed by atoms with van der Waals surface area (Å²) >= 11 is 6.75. The monoisotopic (exact) mass is 278 g/mol. The molecule has 0 nitrogen and oxygen atoms in total. The van der Waals surface area contributed by atoms with E-state index in [9.17, 15) is 0 Å². The summed E-state index contributed by atoms with van der Waals surface area (Å²) in [5, 5.41) is 0.923.